The van der Waals surface area contributed by atoms with Gasteiger partial charge in [0, 0.05) is 12.0 Å². The van der Waals surface area contributed by atoms with Crippen molar-refractivity contribution in [3.63, 3.8) is 0 Å². The van der Waals surface area contributed by atoms with Crippen LogP contribution in [0.25, 0.3) is 0 Å². The van der Waals surface area contributed by atoms with Gasteiger partial charge in [-0.3, -0.25) is 0 Å². The van der Waals surface area contributed by atoms with Gasteiger partial charge < -0.3 is 5.32 Å². The van der Waals surface area contributed by atoms with Crippen LogP contribution in [0.2, 0.25) is 0 Å². The first-order valence-electron chi connectivity index (χ1n) is 6.38. The van der Waals surface area contributed by atoms with E-state index in [2.05, 4.69) is 29.6 Å². The van der Waals surface area contributed by atoms with Crippen LogP contribution in [0, 0.1) is 5.82 Å². The Morgan fingerprint density at radius 3 is 2.50 bits per heavy atom. The molecule has 2 aromatic rings. The Morgan fingerprint density at radius 1 is 0.944 bits per heavy atom. The minimum Gasteiger partial charge on any atom is -0.309 e. The Bertz CT molecular complexity index is 524. The van der Waals surface area contributed by atoms with Crippen LogP contribution < -0.4 is 5.32 Å². The smallest absolute Gasteiger partial charge is 0.123 e. The van der Waals surface area contributed by atoms with Crippen molar-refractivity contribution in [3.8, 4) is 0 Å². The van der Waals surface area contributed by atoms with Gasteiger partial charge in [-0.15, -0.1) is 0 Å². The minimum absolute atomic E-state index is 0.159. The summed E-state index contributed by atoms with van der Waals surface area (Å²) < 4.78 is 13.3. The molecule has 92 valence electrons. The Labute approximate surface area is 107 Å². The summed E-state index contributed by atoms with van der Waals surface area (Å²) in [5.74, 6) is 0.279. The van der Waals surface area contributed by atoms with Crippen LogP contribution in [-0.4, -0.2) is 6.54 Å². The van der Waals surface area contributed by atoms with Crippen LogP contribution >= 0.6 is 0 Å². The summed E-state index contributed by atoms with van der Waals surface area (Å²) >= 11 is 0. The van der Waals surface area contributed by atoms with Crippen LogP contribution in [0.3, 0.4) is 0 Å². The summed E-state index contributed by atoms with van der Waals surface area (Å²) in [7, 11) is 0. The van der Waals surface area contributed by atoms with Crippen LogP contribution in [0.4, 0.5) is 4.39 Å². The average molecular weight is 241 g/mol. The molecule has 1 aliphatic rings. The molecule has 0 aliphatic carbocycles. The fraction of sp³-hybridized carbons (Fsp3) is 0.250. The Morgan fingerprint density at radius 2 is 1.72 bits per heavy atom. The lowest BCUT2D eigenvalue weighted by Crippen LogP contribution is -2.17. The summed E-state index contributed by atoms with van der Waals surface area (Å²) in [5, 5.41) is 3.48. The molecule has 1 saturated heterocycles. The van der Waals surface area contributed by atoms with Crippen molar-refractivity contribution >= 4 is 0 Å². The van der Waals surface area contributed by atoms with E-state index in [4.69, 9.17) is 0 Å². The number of rotatable bonds is 2. The van der Waals surface area contributed by atoms with Crippen LogP contribution in [-0.2, 0) is 0 Å². The second-order valence-electron chi connectivity index (χ2n) is 4.79. The van der Waals surface area contributed by atoms with E-state index in [9.17, 15) is 4.39 Å². The van der Waals surface area contributed by atoms with Gasteiger partial charge in [0.05, 0.1) is 0 Å². The molecule has 1 nitrogen and oxygen atoms in total. The molecule has 0 spiro atoms. The van der Waals surface area contributed by atoms with E-state index >= 15 is 0 Å². The second kappa shape index (κ2) is 4.91. The number of halogens is 1. The monoisotopic (exact) mass is 241 g/mol. The molecule has 18 heavy (non-hydrogen) atoms. The van der Waals surface area contributed by atoms with Gasteiger partial charge in [-0.1, -0.05) is 42.5 Å². The van der Waals surface area contributed by atoms with Gasteiger partial charge in [0.2, 0.25) is 0 Å². The van der Waals surface area contributed by atoms with Crippen molar-refractivity contribution in [2.45, 2.75) is 18.4 Å². The largest absolute Gasteiger partial charge is 0.309 e. The SMILES string of the molecule is Fc1cccc([C@H]2NCC[C@H]2c2ccccc2)c1. The molecule has 1 N–H and O–H groups in total. The maximum absolute atomic E-state index is 13.3. The summed E-state index contributed by atoms with van der Waals surface area (Å²) in [6, 6.07) is 17.6. The zero-order chi connectivity index (χ0) is 12.4. The van der Waals surface area contributed by atoms with Crippen molar-refractivity contribution in [1.29, 1.82) is 0 Å². The molecule has 1 aliphatic heterocycles. The third kappa shape index (κ3) is 2.16. The van der Waals surface area contributed by atoms with Crippen LogP contribution in [0.1, 0.15) is 29.5 Å². The lowest BCUT2D eigenvalue weighted by molar-refractivity contribution is 0.566. The fourth-order valence-corrected chi connectivity index (χ4v) is 2.81. The molecule has 0 saturated carbocycles. The average Bonchev–Trinajstić information content (AvgIpc) is 2.89. The van der Waals surface area contributed by atoms with Crippen LogP contribution in [0.15, 0.2) is 54.6 Å². The van der Waals surface area contributed by atoms with E-state index in [-0.39, 0.29) is 11.9 Å². The maximum Gasteiger partial charge on any atom is 0.123 e. The normalized spacial score (nSPS) is 23.2. The summed E-state index contributed by atoms with van der Waals surface area (Å²) in [6.45, 7) is 0.987. The molecule has 2 heteroatoms. The third-order valence-electron chi connectivity index (χ3n) is 3.66. The second-order valence-corrected chi connectivity index (χ2v) is 4.79. The van der Waals surface area contributed by atoms with Crippen molar-refractivity contribution in [3.05, 3.63) is 71.5 Å². The predicted octanol–water partition coefficient (Wildman–Crippen LogP) is 3.64. The first-order valence-corrected chi connectivity index (χ1v) is 6.38. The number of benzene rings is 2. The molecule has 0 aromatic heterocycles. The molecular formula is C16H16FN. The lowest BCUT2D eigenvalue weighted by Gasteiger charge is -2.20. The fourth-order valence-electron chi connectivity index (χ4n) is 2.81. The zero-order valence-electron chi connectivity index (χ0n) is 10.1. The zero-order valence-corrected chi connectivity index (χ0v) is 10.1. The minimum atomic E-state index is -0.159. The highest BCUT2D eigenvalue weighted by Gasteiger charge is 2.29. The van der Waals surface area contributed by atoms with E-state index in [0.717, 1.165) is 18.5 Å². The molecule has 2 aromatic carbocycles. The molecule has 0 amide bonds. The van der Waals surface area contributed by atoms with Gasteiger partial charge in [-0.2, -0.15) is 0 Å². The molecule has 0 unspecified atom stereocenters. The highest BCUT2D eigenvalue weighted by molar-refractivity contribution is 5.30. The molecule has 2 atom stereocenters. The lowest BCUT2D eigenvalue weighted by atomic mass is 9.88. The quantitative estimate of drug-likeness (QED) is 0.846. The van der Waals surface area contributed by atoms with Crippen molar-refractivity contribution in [2.24, 2.45) is 0 Å². The molecular weight excluding hydrogens is 225 g/mol. The number of hydrogen-bond acceptors (Lipinski definition) is 1. The van der Waals surface area contributed by atoms with Gasteiger partial charge in [-0.25, -0.2) is 4.39 Å². The van der Waals surface area contributed by atoms with Gasteiger partial charge in [0.1, 0.15) is 5.82 Å². The topological polar surface area (TPSA) is 12.0 Å². The molecule has 1 fully saturated rings. The Balaban J connectivity index is 1.92. The van der Waals surface area contributed by atoms with Crippen molar-refractivity contribution < 1.29 is 4.39 Å². The standard InChI is InChI=1S/C16H16FN/c17-14-8-4-7-13(11-14)16-15(9-10-18-16)12-5-2-1-3-6-12/h1-8,11,15-16,18H,9-10H2/t15-,16+/m0/s1. The van der Waals surface area contributed by atoms with Gasteiger partial charge in [0.25, 0.3) is 0 Å². The van der Waals surface area contributed by atoms with Gasteiger partial charge in [-0.05, 0) is 36.2 Å². The van der Waals surface area contributed by atoms with E-state index in [0.29, 0.717) is 5.92 Å². The van der Waals surface area contributed by atoms with Crippen molar-refractivity contribution in [2.75, 3.05) is 6.54 Å². The van der Waals surface area contributed by atoms with Gasteiger partial charge in [0.15, 0.2) is 0 Å². The van der Waals surface area contributed by atoms with E-state index < -0.39 is 0 Å². The van der Waals surface area contributed by atoms with Crippen LogP contribution in [0.5, 0.6) is 0 Å². The Hall–Kier alpha value is -1.67. The van der Waals surface area contributed by atoms with Gasteiger partial charge >= 0.3 is 0 Å². The summed E-state index contributed by atoms with van der Waals surface area (Å²) in [6.07, 6.45) is 1.10. The highest BCUT2D eigenvalue weighted by Crippen LogP contribution is 2.37. The highest BCUT2D eigenvalue weighted by atomic mass is 19.1. The molecule has 0 bridgehead atoms. The first-order chi connectivity index (χ1) is 8.84. The van der Waals surface area contributed by atoms with E-state index in [1.165, 1.54) is 11.6 Å². The van der Waals surface area contributed by atoms with Crippen molar-refractivity contribution in [1.82, 2.24) is 5.32 Å². The molecule has 3 rings (SSSR count). The summed E-state index contributed by atoms with van der Waals surface area (Å²) in [4.78, 5) is 0. The summed E-state index contributed by atoms with van der Waals surface area (Å²) in [5.41, 5.74) is 2.37. The van der Waals surface area contributed by atoms with E-state index in [1.807, 2.05) is 12.1 Å². The Kier molecular flexibility index (Phi) is 3.11. The molecule has 0 radical (unpaired) electrons. The third-order valence-corrected chi connectivity index (χ3v) is 3.66. The maximum atomic E-state index is 13.3. The number of nitrogens with one attached hydrogen (secondary N) is 1. The van der Waals surface area contributed by atoms with E-state index in [1.54, 1.807) is 12.1 Å². The number of hydrogen-bond donors (Lipinski definition) is 1. The molecule has 1 heterocycles. The first kappa shape index (κ1) is 11.4. The predicted molar refractivity (Wildman–Crippen MR) is 70.9 cm³/mol.